The van der Waals surface area contributed by atoms with Gasteiger partial charge in [0, 0.05) is 31.0 Å². The minimum absolute atomic E-state index is 0.423. The van der Waals surface area contributed by atoms with E-state index in [1.807, 2.05) is 6.07 Å². The van der Waals surface area contributed by atoms with Gasteiger partial charge in [0.1, 0.15) is 0 Å². The van der Waals surface area contributed by atoms with Gasteiger partial charge < -0.3 is 16.4 Å². The average Bonchev–Trinajstić information content (AvgIpc) is 2.16. The van der Waals surface area contributed by atoms with Gasteiger partial charge in [-0.3, -0.25) is 4.79 Å². The highest BCUT2D eigenvalue weighted by Gasteiger charge is 2.03. The zero-order valence-electron chi connectivity index (χ0n) is 7.72. The molecule has 70 valence electrons. The number of hydrogen-bond acceptors (Lipinski definition) is 3. The highest BCUT2D eigenvalue weighted by molar-refractivity contribution is 5.95. The van der Waals surface area contributed by atoms with Gasteiger partial charge in [-0.2, -0.15) is 0 Å². The molecule has 0 bridgehead atoms. The van der Waals surface area contributed by atoms with Crippen molar-refractivity contribution < 1.29 is 4.79 Å². The smallest absolute Gasteiger partial charge is 0.248 e. The first-order valence-electron chi connectivity index (χ1n) is 3.97. The van der Waals surface area contributed by atoms with Crippen LogP contribution in [0.2, 0.25) is 0 Å². The minimum Gasteiger partial charge on any atom is -0.388 e. The van der Waals surface area contributed by atoms with Gasteiger partial charge >= 0.3 is 0 Å². The Morgan fingerprint density at radius 3 is 1.92 bits per heavy atom. The molecule has 0 fully saturated rings. The molecule has 4 N–H and O–H groups in total. The van der Waals surface area contributed by atoms with Crippen LogP contribution in [0.5, 0.6) is 0 Å². The lowest BCUT2D eigenvalue weighted by atomic mass is 10.1. The van der Waals surface area contributed by atoms with Crippen LogP contribution in [-0.4, -0.2) is 20.0 Å². The summed E-state index contributed by atoms with van der Waals surface area (Å²) in [5.41, 5.74) is 7.39. The van der Waals surface area contributed by atoms with Crippen molar-refractivity contribution in [3.05, 3.63) is 23.8 Å². The molecule has 0 saturated carbocycles. The van der Waals surface area contributed by atoms with Crippen LogP contribution in [0.15, 0.2) is 18.2 Å². The minimum atomic E-state index is -0.423. The standard InChI is InChI=1S/C9H13N3O/c1-11-7-3-6(9(10)13)4-8(5-7)12-2/h3-5,11-12H,1-2H3,(H2,10,13). The Labute approximate surface area is 77.1 Å². The number of nitrogens with one attached hydrogen (secondary N) is 2. The van der Waals surface area contributed by atoms with Crippen molar-refractivity contribution in [3.63, 3.8) is 0 Å². The summed E-state index contributed by atoms with van der Waals surface area (Å²) in [4.78, 5) is 10.9. The molecule has 1 amide bonds. The fourth-order valence-corrected chi connectivity index (χ4v) is 1.06. The second kappa shape index (κ2) is 3.80. The predicted molar refractivity (Wildman–Crippen MR) is 54.1 cm³/mol. The Kier molecular flexibility index (Phi) is 2.74. The van der Waals surface area contributed by atoms with Gasteiger partial charge in [0.2, 0.25) is 5.91 Å². The first-order valence-corrected chi connectivity index (χ1v) is 3.97. The summed E-state index contributed by atoms with van der Waals surface area (Å²) in [6.45, 7) is 0. The van der Waals surface area contributed by atoms with Gasteiger partial charge in [-0.05, 0) is 18.2 Å². The van der Waals surface area contributed by atoms with Crippen molar-refractivity contribution in [1.29, 1.82) is 0 Å². The maximum absolute atomic E-state index is 10.9. The molecule has 1 aromatic rings. The van der Waals surface area contributed by atoms with Crippen LogP contribution >= 0.6 is 0 Å². The number of carbonyl (C=O) groups excluding carboxylic acids is 1. The SMILES string of the molecule is CNc1cc(NC)cc(C(N)=O)c1. The van der Waals surface area contributed by atoms with Crippen molar-refractivity contribution in [2.24, 2.45) is 5.73 Å². The second-order valence-electron chi connectivity index (χ2n) is 2.66. The predicted octanol–water partition coefficient (Wildman–Crippen LogP) is 0.869. The summed E-state index contributed by atoms with van der Waals surface area (Å²) in [6.07, 6.45) is 0. The van der Waals surface area contributed by atoms with Crippen LogP contribution < -0.4 is 16.4 Å². The fraction of sp³-hybridized carbons (Fsp3) is 0.222. The van der Waals surface area contributed by atoms with Crippen molar-refractivity contribution in [1.82, 2.24) is 0 Å². The van der Waals surface area contributed by atoms with Crippen molar-refractivity contribution in [2.75, 3.05) is 24.7 Å². The van der Waals surface area contributed by atoms with E-state index in [-0.39, 0.29) is 0 Å². The van der Waals surface area contributed by atoms with Crippen molar-refractivity contribution in [3.8, 4) is 0 Å². The van der Waals surface area contributed by atoms with Gasteiger partial charge in [0.25, 0.3) is 0 Å². The molecule has 0 spiro atoms. The summed E-state index contributed by atoms with van der Waals surface area (Å²) >= 11 is 0. The Balaban J connectivity index is 3.14. The van der Waals surface area contributed by atoms with E-state index in [2.05, 4.69) is 10.6 Å². The molecule has 0 aliphatic rings. The number of carbonyl (C=O) groups is 1. The Morgan fingerprint density at radius 1 is 1.15 bits per heavy atom. The average molecular weight is 179 g/mol. The molecular weight excluding hydrogens is 166 g/mol. The van der Waals surface area contributed by atoms with Crippen LogP contribution in [0, 0.1) is 0 Å². The summed E-state index contributed by atoms with van der Waals surface area (Å²) in [5, 5.41) is 5.90. The number of nitrogens with two attached hydrogens (primary N) is 1. The summed E-state index contributed by atoms with van der Waals surface area (Å²) in [7, 11) is 3.58. The van der Waals surface area contributed by atoms with E-state index in [0.717, 1.165) is 11.4 Å². The van der Waals surface area contributed by atoms with Gasteiger partial charge in [0.15, 0.2) is 0 Å². The molecule has 1 aromatic carbocycles. The number of primary amides is 1. The zero-order valence-corrected chi connectivity index (χ0v) is 7.72. The molecular formula is C9H13N3O. The summed E-state index contributed by atoms with van der Waals surface area (Å²) < 4.78 is 0. The highest BCUT2D eigenvalue weighted by Crippen LogP contribution is 2.17. The van der Waals surface area contributed by atoms with E-state index in [0.29, 0.717) is 5.56 Å². The third-order valence-electron chi connectivity index (χ3n) is 1.79. The van der Waals surface area contributed by atoms with Crippen LogP contribution in [0.3, 0.4) is 0 Å². The van der Waals surface area contributed by atoms with E-state index in [9.17, 15) is 4.79 Å². The van der Waals surface area contributed by atoms with E-state index in [1.54, 1.807) is 26.2 Å². The molecule has 0 aromatic heterocycles. The molecule has 0 heterocycles. The fourth-order valence-electron chi connectivity index (χ4n) is 1.06. The number of anilines is 2. The van der Waals surface area contributed by atoms with E-state index in [4.69, 9.17) is 5.73 Å². The quantitative estimate of drug-likeness (QED) is 0.645. The second-order valence-corrected chi connectivity index (χ2v) is 2.66. The Morgan fingerprint density at radius 2 is 1.62 bits per heavy atom. The van der Waals surface area contributed by atoms with Crippen molar-refractivity contribution in [2.45, 2.75) is 0 Å². The van der Waals surface area contributed by atoms with Crippen LogP contribution in [0.1, 0.15) is 10.4 Å². The van der Waals surface area contributed by atoms with E-state index >= 15 is 0 Å². The molecule has 0 atom stereocenters. The normalized spacial score (nSPS) is 9.38. The van der Waals surface area contributed by atoms with E-state index < -0.39 is 5.91 Å². The van der Waals surface area contributed by atoms with Gasteiger partial charge in [-0.15, -0.1) is 0 Å². The number of hydrogen-bond donors (Lipinski definition) is 3. The summed E-state index contributed by atoms with van der Waals surface area (Å²) in [6, 6.07) is 5.32. The molecule has 13 heavy (non-hydrogen) atoms. The molecule has 0 saturated heterocycles. The van der Waals surface area contributed by atoms with E-state index in [1.165, 1.54) is 0 Å². The van der Waals surface area contributed by atoms with Gasteiger partial charge in [-0.1, -0.05) is 0 Å². The van der Waals surface area contributed by atoms with Crippen LogP contribution in [0.4, 0.5) is 11.4 Å². The maximum atomic E-state index is 10.9. The third-order valence-corrected chi connectivity index (χ3v) is 1.79. The highest BCUT2D eigenvalue weighted by atomic mass is 16.1. The number of rotatable bonds is 3. The Bertz CT molecular complexity index is 300. The van der Waals surface area contributed by atoms with Gasteiger partial charge in [0.05, 0.1) is 0 Å². The summed E-state index contributed by atoms with van der Waals surface area (Å²) in [5.74, 6) is -0.423. The topological polar surface area (TPSA) is 67.2 Å². The number of amides is 1. The Hall–Kier alpha value is -1.71. The molecule has 4 nitrogen and oxygen atoms in total. The largest absolute Gasteiger partial charge is 0.388 e. The molecule has 1 rings (SSSR count). The lowest BCUT2D eigenvalue weighted by molar-refractivity contribution is 0.100. The van der Waals surface area contributed by atoms with Crippen molar-refractivity contribution >= 4 is 17.3 Å². The molecule has 0 aliphatic heterocycles. The van der Waals surface area contributed by atoms with Gasteiger partial charge in [-0.25, -0.2) is 0 Å². The zero-order chi connectivity index (χ0) is 9.84. The first-order chi connectivity index (χ1) is 6.17. The third kappa shape index (κ3) is 2.11. The first kappa shape index (κ1) is 9.38. The lowest BCUT2D eigenvalue weighted by Gasteiger charge is -2.06. The molecule has 0 unspecified atom stereocenters. The monoisotopic (exact) mass is 179 g/mol. The number of benzene rings is 1. The van der Waals surface area contributed by atoms with Crippen LogP contribution in [-0.2, 0) is 0 Å². The molecule has 4 heteroatoms. The lowest BCUT2D eigenvalue weighted by Crippen LogP contribution is -2.11. The maximum Gasteiger partial charge on any atom is 0.248 e. The van der Waals surface area contributed by atoms with Crippen LogP contribution in [0.25, 0.3) is 0 Å². The molecule has 0 aliphatic carbocycles. The molecule has 0 radical (unpaired) electrons.